The summed E-state index contributed by atoms with van der Waals surface area (Å²) in [7, 11) is 0. The Balaban J connectivity index is 1.97. The fourth-order valence-corrected chi connectivity index (χ4v) is 2.46. The molecule has 0 aromatic carbocycles. The summed E-state index contributed by atoms with van der Waals surface area (Å²) in [5.41, 5.74) is 5.39. The van der Waals surface area contributed by atoms with Crippen LogP contribution in [0.4, 0.5) is 4.79 Å². The Morgan fingerprint density at radius 2 is 2.08 bits per heavy atom. The molecule has 2 atom stereocenters. The summed E-state index contributed by atoms with van der Waals surface area (Å²) in [6, 6.07) is -0.837. The molecule has 0 radical (unpaired) electrons. The van der Waals surface area contributed by atoms with Crippen molar-refractivity contribution >= 4 is 12.1 Å². The van der Waals surface area contributed by atoms with Crippen LogP contribution in [0.1, 0.15) is 51.4 Å². The molecule has 0 aliphatic heterocycles. The predicted octanol–water partition coefficient (Wildman–Crippen LogP) is 2.20. The van der Waals surface area contributed by atoms with Crippen LogP contribution in [0.5, 0.6) is 0 Å². The van der Waals surface area contributed by atoms with Gasteiger partial charge in [0.2, 0.25) is 0 Å². The van der Waals surface area contributed by atoms with Crippen molar-refractivity contribution < 1.29 is 24.2 Å². The Labute approximate surface area is 143 Å². The van der Waals surface area contributed by atoms with Gasteiger partial charge in [0.1, 0.15) is 12.6 Å². The molecule has 0 fully saturated rings. The highest BCUT2D eigenvalue weighted by molar-refractivity contribution is 5.72. The van der Waals surface area contributed by atoms with Gasteiger partial charge in [0, 0.05) is 6.54 Å². The van der Waals surface area contributed by atoms with Gasteiger partial charge in [0.15, 0.2) is 0 Å². The minimum atomic E-state index is -0.999. The van der Waals surface area contributed by atoms with Crippen LogP contribution < -0.4 is 11.1 Å². The van der Waals surface area contributed by atoms with Crippen LogP contribution in [0.2, 0.25) is 0 Å². The molecule has 0 saturated heterocycles. The highest BCUT2D eigenvalue weighted by Crippen LogP contribution is 2.13. The van der Waals surface area contributed by atoms with Gasteiger partial charge < -0.3 is 25.6 Å². The number of carboxylic acid groups (broad SMARTS) is 1. The van der Waals surface area contributed by atoms with Gasteiger partial charge in [-0.1, -0.05) is 25.0 Å². The van der Waals surface area contributed by atoms with Crippen LogP contribution in [-0.4, -0.2) is 49.1 Å². The molecule has 0 saturated carbocycles. The summed E-state index contributed by atoms with van der Waals surface area (Å²) in [6.45, 7) is 1.05. The fourth-order valence-electron chi connectivity index (χ4n) is 2.46. The van der Waals surface area contributed by atoms with Crippen LogP contribution in [0.15, 0.2) is 12.2 Å². The lowest BCUT2D eigenvalue weighted by Gasteiger charge is -2.16. The van der Waals surface area contributed by atoms with Crippen molar-refractivity contribution in [2.75, 3.05) is 19.8 Å². The maximum absolute atomic E-state index is 11.5. The number of carbonyl (C=O) groups is 2. The summed E-state index contributed by atoms with van der Waals surface area (Å²) < 4.78 is 10.7. The standard InChI is InChI=1S/C17H30N2O5/c18-15(16(20)21)10-6-7-11-19-17(22)24-13-12-23-14-8-4-2-1-3-5-9-14/h4,8,14-15H,1-3,5-7,9-13,18H2,(H,19,22)(H,20,21)/b8-4+. The van der Waals surface area contributed by atoms with Gasteiger partial charge in [-0.3, -0.25) is 4.79 Å². The molecule has 7 heteroatoms. The molecular weight excluding hydrogens is 312 g/mol. The third kappa shape index (κ3) is 10.2. The number of rotatable bonds is 10. The van der Waals surface area contributed by atoms with E-state index in [2.05, 4.69) is 17.5 Å². The second-order valence-electron chi connectivity index (χ2n) is 5.98. The predicted molar refractivity (Wildman–Crippen MR) is 90.8 cm³/mol. The normalized spacial score (nSPS) is 20.5. The van der Waals surface area contributed by atoms with Crippen molar-refractivity contribution in [2.24, 2.45) is 5.73 Å². The molecule has 24 heavy (non-hydrogen) atoms. The van der Waals surface area contributed by atoms with Gasteiger partial charge in [-0.25, -0.2) is 4.79 Å². The lowest BCUT2D eigenvalue weighted by molar-refractivity contribution is -0.138. The maximum atomic E-state index is 11.5. The first-order valence-electron chi connectivity index (χ1n) is 8.77. The van der Waals surface area contributed by atoms with Crippen LogP contribution in [0, 0.1) is 0 Å². The minimum Gasteiger partial charge on any atom is -0.480 e. The molecule has 0 aromatic rings. The number of aliphatic carboxylic acids is 1. The number of hydrogen-bond acceptors (Lipinski definition) is 5. The van der Waals surface area contributed by atoms with E-state index in [-0.39, 0.29) is 12.7 Å². The number of amides is 1. The highest BCUT2D eigenvalue weighted by Gasteiger charge is 2.10. The van der Waals surface area contributed by atoms with E-state index in [1.165, 1.54) is 19.3 Å². The summed E-state index contributed by atoms with van der Waals surface area (Å²) in [4.78, 5) is 22.0. The number of nitrogens with one attached hydrogen (secondary N) is 1. The van der Waals surface area contributed by atoms with Gasteiger partial charge in [-0.2, -0.15) is 0 Å². The van der Waals surface area contributed by atoms with Crippen LogP contribution in [0.3, 0.4) is 0 Å². The lowest BCUT2D eigenvalue weighted by Crippen LogP contribution is -2.30. The number of ether oxygens (including phenoxy) is 2. The summed E-state index contributed by atoms with van der Waals surface area (Å²) >= 11 is 0. The van der Waals surface area contributed by atoms with Crippen molar-refractivity contribution in [3.63, 3.8) is 0 Å². The Morgan fingerprint density at radius 1 is 1.25 bits per heavy atom. The molecular formula is C17H30N2O5. The minimum absolute atomic E-state index is 0.121. The first-order valence-corrected chi connectivity index (χ1v) is 8.77. The smallest absolute Gasteiger partial charge is 0.407 e. The molecule has 0 spiro atoms. The van der Waals surface area contributed by atoms with E-state index in [0.717, 1.165) is 12.8 Å². The number of alkyl carbamates (subject to hydrolysis) is 1. The van der Waals surface area contributed by atoms with Crippen molar-refractivity contribution in [3.05, 3.63) is 12.2 Å². The van der Waals surface area contributed by atoms with Gasteiger partial charge in [-0.15, -0.1) is 0 Å². The SMILES string of the molecule is NC(CCCCNC(=O)OCCOC1/C=C/CCCCC1)C(=O)O. The van der Waals surface area contributed by atoms with E-state index >= 15 is 0 Å². The average molecular weight is 342 g/mol. The Hall–Kier alpha value is -1.60. The molecule has 0 bridgehead atoms. The number of nitrogens with two attached hydrogens (primary N) is 1. The molecule has 2 unspecified atom stereocenters. The van der Waals surface area contributed by atoms with Crippen molar-refractivity contribution in [3.8, 4) is 0 Å². The zero-order valence-electron chi connectivity index (χ0n) is 14.2. The second kappa shape index (κ2) is 12.8. The van der Waals surface area contributed by atoms with E-state index < -0.39 is 18.1 Å². The Bertz CT molecular complexity index is 400. The first kappa shape index (κ1) is 20.4. The molecule has 7 nitrogen and oxygen atoms in total. The molecule has 4 N–H and O–H groups in total. The van der Waals surface area contributed by atoms with Gasteiger partial charge in [-0.05, 0) is 38.5 Å². The molecule has 0 heterocycles. The molecule has 1 amide bonds. The maximum Gasteiger partial charge on any atom is 0.407 e. The van der Waals surface area contributed by atoms with Crippen molar-refractivity contribution in [1.82, 2.24) is 5.32 Å². The van der Waals surface area contributed by atoms with E-state index in [9.17, 15) is 9.59 Å². The largest absolute Gasteiger partial charge is 0.480 e. The van der Waals surface area contributed by atoms with E-state index in [0.29, 0.717) is 32.4 Å². The number of carboxylic acids is 1. The number of unbranched alkanes of at least 4 members (excludes halogenated alkanes) is 1. The third-order valence-electron chi connectivity index (χ3n) is 3.89. The third-order valence-corrected chi connectivity index (χ3v) is 3.89. The van der Waals surface area contributed by atoms with Gasteiger partial charge >= 0.3 is 12.1 Å². The van der Waals surface area contributed by atoms with E-state index in [4.69, 9.17) is 20.3 Å². The van der Waals surface area contributed by atoms with E-state index in [1.54, 1.807) is 0 Å². The van der Waals surface area contributed by atoms with E-state index in [1.807, 2.05) is 0 Å². The van der Waals surface area contributed by atoms with Crippen LogP contribution in [-0.2, 0) is 14.3 Å². The summed E-state index contributed by atoms with van der Waals surface area (Å²) in [5.74, 6) is -0.999. The lowest BCUT2D eigenvalue weighted by atomic mass is 10.0. The average Bonchev–Trinajstić information content (AvgIpc) is 2.52. The molecule has 0 aromatic heterocycles. The molecule has 1 rings (SSSR count). The van der Waals surface area contributed by atoms with Crippen LogP contribution in [0.25, 0.3) is 0 Å². The number of hydrogen-bond donors (Lipinski definition) is 3. The number of allylic oxidation sites excluding steroid dienone is 1. The van der Waals surface area contributed by atoms with Gasteiger partial charge in [0.25, 0.3) is 0 Å². The Morgan fingerprint density at radius 3 is 2.88 bits per heavy atom. The van der Waals surface area contributed by atoms with Crippen molar-refractivity contribution in [1.29, 1.82) is 0 Å². The Kier molecular flexibility index (Phi) is 10.9. The number of carbonyl (C=O) groups excluding carboxylic acids is 1. The molecule has 1 aliphatic carbocycles. The quantitative estimate of drug-likeness (QED) is 0.414. The fraction of sp³-hybridized carbons (Fsp3) is 0.765. The second-order valence-corrected chi connectivity index (χ2v) is 5.98. The summed E-state index contributed by atoms with van der Waals surface area (Å²) in [6.07, 6.45) is 11.4. The topological polar surface area (TPSA) is 111 Å². The zero-order valence-corrected chi connectivity index (χ0v) is 14.2. The molecule has 138 valence electrons. The highest BCUT2D eigenvalue weighted by atomic mass is 16.6. The van der Waals surface area contributed by atoms with Crippen molar-refractivity contribution in [2.45, 2.75) is 63.5 Å². The zero-order chi connectivity index (χ0) is 17.6. The summed E-state index contributed by atoms with van der Waals surface area (Å²) in [5, 5.41) is 11.3. The molecule has 1 aliphatic rings. The first-order chi connectivity index (χ1) is 11.6. The monoisotopic (exact) mass is 342 g/mol. The van der Waals surface area contributed by atoms with Crippen LogP contribution >= 0.6 is 0 Å². The van der Waals surface area contributed by atoms with Gasteiger partial charge in [0.05, 0.1) is 12.7 Å².